The van der Waals surface area contributed by atoms with Gasteiger partial charge in [0.05, 0.1) is 13.2 Å². The molecule has 0 radical (unpaired) electrons. The molecule has 0 saturated carbocycles. The number of benzene rings is 2. The lowest BCUT2D eigenvalue weighted by atomic mass is 9.91. The molecule has 4 atom stereocenters. The molecule has 1 aliphatic rings. The number of nitrogens with two attached hydrogens (primary N) is 1. The second kappa shape index (κ2) is 8.97. The lowest BCUT2D eigenvalue weighted by Gasteiger charge is -2.31. The van der Waals surface area contributed by atoms with Crippen molar-refractivity contribution in [1.82, 2.24) is 0 Å². The Morgan fingerprint density at radius 3 is 2.52 bits per heavy atom. The van der Waals surface area contributed by atoms with Crippen molar-refractivity contribution in [2.75, 3.05) is 13.2 Å². The molecule has 5 nitrogen and oxygen atoms in total. The van der Waals surface area contributed by atoms with Crippen molar-refractivity contribution in [3.05, 3.63) is 66.0 Å². The highest BCUT2D eigenvalue weighted by Crippen LogP contribution is 2.25. The standard InChI is InChI=1S/C21H24FNO4/c1-14-20(27-18-5-3-2-4-6-18)16(11-15-7-9-17(22)10-8-15)12-25-13-19(23)21(24)26-14/h2-10,14,16,19-20H,11-13,23H2,1H3. The number of cyclic esters (lactones) is 1. The molecule has 1 fully saturated rings. The Hall–Kier alpha value is -2.44. The largest absolute Gasteiger partial charge is 0.486 e. The Bertz CT molecular complexity index is 738. The summed E-state index contributed by atoms with van der Waals surface area (Å²) in [6.07, 6.45) is -0.364. The summed E-state index contributed by atoms with van der Waals surface area (Å²) in [5, 5.41) is 0. The molecule has 144 valence electrons. The third kappa shape index (κ3) is 5.28. The van der Waals surface area contributed by atoms with Crippen molar-refractivity contribution >= 4 is 5.97 Å². The van der Waals surface area contributed by atoms with E-state index in [-0.39, 0.29) is 18.3 Å². The van der Waals surface area contributed by atoms with E-state index in [1.54, 1.807) is 19.1 Å². The molecule has 27 heavy (non-hydrogen) atoms. The first-order valence-corrected chi connectivity index (χ1v) is 9.03. The minimum Gasteiger partial charge on any atom is -0.486 e. The number of rotatable bonds is 4. The van der Waals surface area contributed by atoms with Crippen molar-refractivity contribution in [3.63, 3.8) is 0 Å². The van der Waals surface area contributed by atoms with E-state index in [1.165, 1.54) is 12.1 Å². The average molecular weight is 373 g/mol. The van der Waals surface area contributed by atoms with E-state index in [0.29, 0.717) is 18.8 Å². The summed E-state index contributed by atoms with van der Waals surface area (Å²) in [4.78, 5) is 12.1. The van der Waals surface area contributed by atoms with Gasteiger partial charge in [-0.15, -0.1) is 0 Å². The van der Waals surface area contributed by atoms with E-state index in [9.17, 15) is 9.18 Å². The zero-order chi connectivity index (χ0) is 19.2. The molecule has 2 aromatic carbocycles. The van der Waals surface area contributed by atoms with Crippen LogP contribution < -0.4 is 10.5 Å². The topological polar surface area (TPSA) is 70.8 Å². The van der Waals surface area contributed by atoms with Gasteiger partial charge in [-0.2, -0.15) is 0 Å². The average Bonchev–Trinajstić information content (AvgIpc) is 2.71. The predicted octanol–water partition coefficient (Wildman–Crippen LogP) is 2.72. The SMILES string of the molecule is CC1OC(=O)C(N)COCC(Cc2ccc(F)cc2)C1Oc1ccccc1. The number of ether oxygens (including phenoxy) is 3. The third-order valence-corrected chi connectivity index (χ3v) is 4.59. The molecular weight excluding hydrogens is 349 g/mol. The Kier molecular flexibility index (Phi) is 6.42. The lowest BCUT2D eigenvalue weighted by Crippen LogP contribution is -2.43. The van der Waals surface area contributed by atoms with Gasteiger partial charge in [0.15, 0.2) is 0 Å². The molecule has 0 aliphatic carbocycles. The van der Waals surface area contributed by atoms with Gasteiger partial charge in [0.2, 0.25) is 0 Å². The molecule has 1 heterocycles. The van der Waals surface area contributed by atoms with Crippen molar-refractivity contribution in [2.45, 2.75) is 31.6 Å². The maximum Gasteiger partial charge on any atom is 0.325 e. The van der Waals surface area contributed by atoms with Crippen LogP contribution in [0.3, 0.4) is 0 Å². The van der Waals surface area contributed by atoms with Crippen LogP contribution in [0.2, 0.25) is 0 Å². The highest BCUT2D eigenvalue weighted by molar-refractivity contribution is 5.75. The summed E-state index contributed by atoms with van der Waals surface area (Å²) in [7, 11) is 0. The molecule has 3 rings (SSSR count). The lowest BCUT2D eigenvalue weighted by molar-refractivity contribution is -0.155. The first-order valence-electron chi connectivity index (χ1n) is 9.03. The minimum absolute atomic E-state index is 0.0868. The van der Waals surface area contributed by atoms with Crippen LogP contribution in [0.15, 0.2) is 54.6 Å². The summed E-state index contributed by atoms with van der Waals surface area (Å²) in [5.74, 6) is -0.219. The molecule has 2 aromatic rings. The van der Waals surface area contributed by atoms with Crippen molar-refractivity contribution in [3.8, 4) is 5.75 Å². The van der Waals surface area contributed by atoms with Gasteiger partial charge >= 0.3 is 5.97 Å². The number of halogens is 1. The van der Waals surface area contributed by atoms with Gasteiger partial charge in [0, 0.05) is 5.92 Å². The number of hydrogen-bond donors (Lipinski definition) is 1. The van der Waals surface area contributed by atoms with Gasteiger partial charge in [0.25, 0.3) is 0 Å². The van der Waals surface area contributed by atoms with Crippen LogP contribution in [0.4, 0.5) is 4.39 Å². The maximum absolute atomic E-state index is 13.2. The van der Waals surface area contributed by atoms with Crippen LogP contribution in [0.25, 0.3) is 0 Å². The van der Waals surface area contributed by atoms with Crippen LogP contribution in [0.5, 0.6) is 5.75 Å². The van der Waals surface area contributed by atoms with Gasteiger partial charge < -0.3 is 19.9 Å². The molecule has 0 aromatic heterocycles. The zero-order valence-electron chi connectivity index (χ0n) is 15.2. The van der Waals surface area contributed by atoms with Crippen LogP contribution >= 0.6 is 0 Å². The summed E-state index contributed by atoms with van der Waals surface area (Å²) >= 11 is 0. The number of para-hydroxylation sites is 1. The van der Waals surface area contributed by atoms with Crippen molar-refractivity contribution in [1.29, 1.82) is 0 Å². The Morgan fingerprint density at radius 1 is 1.11 bits per heavy atom. The fraction of sp³-hybridized carbons (Fsp3) is 0.381. The number of hydrogen-bond acceptors (Lipinski definition) is 5. The predicted molar refractivity (Wildman–Crippen MR) is 98.8 cm³/mol. The monoisotopic (exact) mass is 373 g/mol. The summed E-state index contributed by atoms with van der Waals surface area (Å²) < 4.78 is 30.6. The van der Waals surface area contributed by atoms with Crippen LogP contribution in [0, 0.1) is 11.7 Å². The zero-order valence-corrected chi connectivity index (χ0v) is 15.2. The highest BCUT2D eigenvalue weighted by atomic mass is 19.1. The molecule has 4 unspecified atom stereocenters. The number of carbonyl (C=O) groups is 1. The molecule has 2 N–H and O–H groups in total. The second-order valence-corrected chi connectivity index (χ2v) is 6.77. The van der Waals surface area contributed by atoms with E-state index in [4.69, 9.17) is 19.9 Å². The van der Waals surface area contributed by atoms with Gasteiger partial charge in [-0.3, -0.25) is 4.79 Å². The normalized spacial score (nSPS) is 26.4. The molecule has 0 spiro atoms. The maximum atomic E-state index is 13.2. The molecule has 1 saturated heterocycles. The summed E-state index contributed by atoms with van der Waals surface area (Å²) in [5.41, 5.74) is 6.76. The summed E-state index contributed by atoms with van der Waals surface area (Å²) in [6, 6.07) is 14.9. The van der Waals surface area contributed by atoms with Crippen molar-refractivity contribution in [2.24, 2.45) is 11.7 Å². The number of esters is 1. The fourth-order valence-electron chi connectivity index (χ4n) is 3.18. The van der Waals surface area contributed by atoms with Crippen LogP contribution in [-0.4, -0.2) is 37.4 Å². The summed E-state index contributed by atoms with van der Waals surface area (Å²) in [6.45, 7) is 2.23. The van der Waals surface area contributed by atoms with Crippen LogP contribution in [-0.2, 0) is 20.7 Å². The van der Waals surface area contributed by atoms with E-state index in [2.05, 4.69) is 0 Å². The number of carbonyl (C=O) groups excluding carboxylic acids is 1. The van der Waals surface area contributed by atoms with E-state index >= 15 is 0 Å². The fourth-order valence-corrected chi connectivity index (χ4v) is 3.18. The Labute approximate surface area is 158 Å². The van der Waals surface area contributed by atoms with Gasteiger partial charge in [-0.05, 0) is 43.2 Å². The quantitative estimate of drug-likeness (QED) is 0.835. The molecule has 0 bridgehead atoms. The molecule has 0 amide bonds. The Balaban J connectivity index is 1.85. The Morgan fingerprint density at radius 2 is 1.81 bits per heavy atom. The molecule has 1 aliphatic heterocycles. The van der Waals surface area contributed by atoms with E-state index < -0.39 is 24.2 Å². The third-order valence-electron chi connectivity index (χ3n) is 4.59. The molecular formula is C21H24FNO4. The van der Waals surface area contributed by atoms with Gasteiger partial charge in [0.1, 0.15) is 29.8 Å². The van der Waals surface area contributed by atoms with Gasteiger partial charge in [-0.25, -0.2) is 4.39 Å². The second-order valence-electron chi connectivity index (χ2n) is 6.77. The first kappa shape index (κ1) is 19.3. The van der Waals surface area contributed by atoms with Gasteiger partial charge in [-0.1, -0.05) is 30.3 Å². The minimum atomic E-state index is -0.825. The molecule has 6 heteroatoms. The van der Waals surface area contributed by atoms with E-state index in [0.717, 1.165) is 5.56 Å². The van der Waals surface area contributed by atoms with E-state index in [1.807, 2.05) is 30.3 Å². The van der Waals surface area contributed by atoms with Crippen molar-refractivity contribution < 1.29 is 23.4 Å². The highest BCUT2D eigenvalue weighted by Gasteiger charge is 2.35. The van der Waals surface area contributed by atoms with Crippen LogP contribution in [0.1, 0.15) is 12.5 Å². The smallest absolute Gasteiger partial charge is 0.325 e. The first-order chi connectivity index (χ1) is 13.0.